The summed E-state index contributed by atoms with van der Waals surface area (Å²) in [7, 11) is 0. The molecule has 7 heteroatoms. The highest BCUT2D eigenvalue weighted by Crippen LogP contribution is 2.34. The standard InChI is InChI=1S/C18H15BrN4O2/c19-13-7-5-12(6-8-13)10-25-16-4-2-1-3-14(16)15-9-17(24)22-18-20-11-21-23(15)18/h1-8,11,15H,9-10H2,(H,20,21,22,24)/t15-/m0/s1. The van der Waals surface area contributed by atoms with Crippen LogP contribution in [-0.4, -0.2) is 20.7 Å². The molecule has 4 rings (SSSR count). The van der Waals surface area contributed by atoms with E-state index in [1.807, 2.05) is 48.5 Å². The van der Waals surface area contributed by atoms with E-state index < -0.39 is 0 Å². The molecule has 0 radical (unpaired) electrons. The zero-order valence-corrected chi connectivity index (χ0v) is 14.8. The van der Waals surface area contributed by atoms with Crippen LogP contribution in [0.1, 0.15) is 23.6 Å². The molecule has 1 aromatic heterocycles. The largest absolute Gasteiger partial charge is 0.489 e. The van der Waals surface area contributed by atoms with E-state index in [4.69, 9.17) is 4.74 Å². The molecule has 1 N–H and O–H groups in total. The van der Waals surface area contributed by atoms with E-state index in [-0.39, 0.29) is 11.9 Å². The normalized spacial score (nSPS) is 16.2. The molecule has 1 atom stereocenters. The smallest absolute Gasteiger partial charge is 0.229 e. The number of halogens is 1. The van der Waals surface area contributed by atoms with Gasteiger partial charge in [0, 0.05) is 10.0 Å². The van der Waals surface area contributed by atoms with E-state index in [1.165, 1.54) is 6.33 Å². The molecule has 0 saturated carbocycles. The fraction of sp³-hybridized carbons (Fsp3) is 0.167. The Kier molecular flexibility index (Phi) is 4.23. The topological polar surface area (TPSA) is 69.0 Å². The highest BCUT2D eigenvalue weighted by molar-refractivity contribution is 9.10. The van der Waals surface area contributed by atoms with Crippen molar-refractivity contribution in [1.82, 2.24) is 14.8 Å². The Labute approximate surface area is 153 Å². The molecule has 0 saturated heterocycles. The summed E-state index contributed by atoms with van der Waals surface area (Å²) in [5.41, 5.74) is 1.99. The highest BCUT2D eigenvalue weighted by Gasteiger charge is 2.29. The number of para-hydroxylation sites is 1. The second kappa shape index (κ2) is 6.68. The maximum Gasteiger partial charge on any atom is 0.229 e. The molecule has 3 aromatic rings. The van der Waals surface area contributed by atoms with Gasteiger partial charge in [-0.2, -0.15) is 10.1 Å². The molecular formula is C18H15BrN4O2. The maximum atomic E-state index is 12.0. The molecule has 1 aliphatic heterocycles. The average Bonchev–Trinajstić information content (AvgIpc) is 3.09. The Morgan fingerprint density at radius 1 is 1.20 bits per heavy atom. The Hall–Kier alpha value is -2.67. The number of amides is 1. The van der Waals surface area contributed by atoms with Crippen LogP contribution in [0.2, 0.25) is 0 Å². The first-order valence-corrected chi connectivity index (χ1v) is 8.65. The molecule has 1 aliphatic rings. The van der Waals surface area contributed by atoms with Crippen molar-refractivity contribution in [3.05, 3.63) is 70.5 Å². The van der Waals surface area contributed by atoms with E-state index in [2.05, 4.69) is 31.3 Å². The molecule has 6 nitrogen and oxygen atoms in total. The van der Waals surface area contributed by atoms with Crippen LogP contribution in [-0.2, 0) is 11.4 Å². The van der Waals surface area contributed by atoms with Crippen molar-refractivity contribution in [2.75, 3.05) is 5.32 Å². The Bertz CT molecular complexity index is 907. The molecule has 2 aromatic carbocycles. The summed E-state index contributed by atoms with van der Waals surface area (Å²) < 4.78 is 8.79. The number of rotatable bonds is 4. The van der Waals surface area contributed by atoms with Gasteiger partial charge < -0.3 is 4.74 Å². The summed E-state index contributed by atoms with van der Waals surface area (Å²) in [5.74, 6) is 1.13. The lowest BCUT2D eigenvalue weighted by atomic mass is 10.0. The number of carbonyl (C=O) groups is 1. The van der Waals surface area contributed by atoms with Crippen molar-refractivity contribution < 1.29 is 9.53 Å². The Balaban J connectivity index is 1.61. The van der Waals surface area contributed by atoms with Gasteiger partial charge in [-0.1, -0.05) is 46.3 Å². The van der Waals surface area contributed by atoms with Crippen LogP contribution in [0.4, 0.5) is 5.95 Å². The fourth-order valence-corrected chi connectivity index (χ4v) is 3.14. The first kappa shape index (κ1) is 15.8. The van der Waals surface area contributed by atoms with Gasteiger partial charge in [0.1, 0.15) is 18.7 Å². The fourth-order valence-electron chi connectivity index (χ4n) is 2.88. The summed E-state index contributed by atoms with van der Waals surface area (Å²) in [6.45, 7) is 0.452. The lowest BCUT2D eigenvalue weighted by Crippen LogP contribution is -2.29. The van der Waals surface area contributed by atoms with Crippen molar-refractivity contribution in [1.29, 1.82) is 0 Å². The number of carbonyl (C=O) groups excluding carboxylic acids is 1. The van der Waals surface area contributed by atoms with E-state index in [0.29, 0.717) is 19.0 Å². The SMILES string of the molecule is O=C1C[C@@H](c2ccccc2OCc2ccc(Br)cc2)n2ncnc2N1. The zero-order valence-electron chi connectivity index (χ0n) is 13.2. The van der Waals surface area contributed by atoms with Gasteiger partial charge in [-0.05, 0) is 23.8 Å². The number of hydrogen-bond acceptors (Lipinski definition) is 4. The minimum atomic E-state index is -0.229. The number of hydrogen-bond donors (Lipinski definition) is 1. The van der Waals surface area contributed by atoms with E-state index in [0.717, 1.165) is 21.3 Å². The monoisotopic (exact) mass is 398 g/mol. The van der Waals surface area contributed by atoms with Gasteiger partial charge in [0.05, 0.1) is 12.5 Å². The van der Waals surface area contributed by atoms with Crippen molar-refractivity contribution in [2.45, 2.75) is 19.1 Å². The van der Waals surface area contributed by atoms with Crippen LogP contribution in [0.3, 0.4) is 0 Å². The van der Waals surface area contributed by atoms with E-state index >= 15 is 0 Å². The number of benzene rings is 2. The van der Waals surface area contributed by atoms with Crippen molar-refractivity contribution in [3.8, 4) is 5.75 Å². The molecule has 0 fully saturated rings. The minimum Gasteiger partial charge on any atom is -0.489 e. The number of anilines is 1. The van der Waals surface area contributed by atoms with Gasteiger partial charge in [-0.25, -0.2) is 4.68 Å². The predicted molar refractivity (Wildman–Crippen MR) is 96.3 cm³/mol. The van der Waals surface area contributed by atoms with E-state index in [9.17, 15) is 4.79 Å². The number of ether oxygens (including phenoxy) is 1. The van der Waals surface area contributed by atoms with Gasteiger partial charge >= 0.3 is 0 Å². The Morgan fingerprint density at radius 3 is 2.84 bits per heavy atom. The summed E-state index contributed by atoms with van der Waals surface area (Å²) in [4.78, 5) is 16.1. The third kappa shape index (κ3) is 3.28. The number of nitrogens with zero attached hydrogens (tertiary/aromatic N) is 3. The van der Waals surface area contributed by atoms with Gasteiger partial charge in [0.15, 0.2) is 0 Å². The van der Waals surface area contributed by atoms with Gasteiger partial charge in [0.25, 0.3) is 0 Å². The van der Waals surface area contributed by atoms with Crippen LogP contribution in [0, 0.1) is 0 Å². The molecule has 0 bridgehead atoms. The maximum absolute atomic E-state index is 12.0. The van der Waals surface area contributed by atoms with E-state index in [1.54, 1.807) is 4.68 Å². The second-order valence-corrected chi connectivity index (χ2v) is 6.66. The lowest BCUT2D eigenvalue weighted by Gasteiger charge is -2.25. The first-order chi connectivity index (χ1) is 12.2. The lowest BCUT2D eigenvalue weighted by molar-refractivity contribution is -0.117. The number of fused-ring (bicyclic) bond motifs is 1. The van der Waals surface area contributed by atoms with Gasteiger partial charge in [-0.15, -0.1) is 0 Å². The summed E-state index contributed by atoms with van der Waals surface area (Å²) in [5, 5.41) is 6.98. The van der Waals surface area contributed by atoms with Crippen molar-refractivity contribution in [2.24, 2.45) is 0 Å². The second-order valence-electron chi connectivity index (χ2n) is 5.75. The first-order valence-electron chi connectivity index (χ1n) is 7.86. The summed E-state index contributed by atoms with van der Waals surface area (Å²) in [6.07, 6.45) is 1.74. The molecule has 0 aliphatic carbocycles. The molecular weight excluding hydrogens is 384 g/mol. The van der Waals surface area contributed by atoms with Crippen molar-refractivity contribution in [3.63, 3.8) is 0 Å². The third-order valence-electron chi connectivity index (χ3n) is 4.08. The van der Waals surface area contributed by atoms with Gasteiger partial charge in [-0.3, -0.25) is 10.1 Å². The molecule has 0 unspecified atom stereocenters. The molecule has 2 heterocycles. The molecule has 25 heavy (non-hydrogen) atoms. The quantitative estimate of drug-likeness (QED) is 0.729. The predicted octanol–water partition coefficient (Wildman–Crippen LogP) is 3.55. The van der Waals surface area contributed by atoms with Crippen LogP contribution < -0.4 is 10.1 Å². The molecule has 1 amide bonds. The van der Waals surface area contributed by atoms with Gasteiger partial charge in [0.2, 0.25) is 11.9 Å². The number of aromatic nitrogens is 3. The third-order valence-corrected chi connectivity index (χ3v) is 4.61. The summed E-state index contributed by atoms with van der Waals surface area (Å²) in [6, 6.07) is 15.5. The highest BCUT2D eigenvalue weighted by atomic mass is 79.9. The van der Waals surface area contributed by atoms with Crippen LogP contribution in [0.25, 0.3) is 0 Å². The molecule has 126 valence electrons. The van der Waals surface area contributed by atoms with Crippen molar-refractivity contribution >= 4 is 27.8 Å². The number of nitrogens with one attached hydrogen (secondary N) is 1. The Morgan fingerprint density at radius 2 is 2.00 bits per heavy atom. The van der Waals surface area contributed by atoms with Crippen LogP contribution in [0.15, 0.2) is 59.3 Å². The minimum absolute atomic E-state index is 0.0757. The van der Waals surface area contributed by atoms with Crippen LogP contribution >= 0.6 is 15.9 Å². The summed E-state index contributed by atoms with van der Waals surface area (Å²) >= 11 is 3.43. The average molecular weight is 399 g/mol. The molecule has 0 spiro atoms. The zero-order chi connectivity index (χ0) is 17.2. The van der Waals surface area contributed by atoms with Crippen LogP contribution in [0.5, 0.6) is 5.75 Å².